The number of aromatic hydroxyl groups is 2. The highest BCUT2D eigenvalue weighted by molar-refractivity contribution is 6.02. The van der Waals surface area contributed by atoms with Crippen molar-refractivity contribution < 1.29 is 58.0 Å². The maximum atomic E-state index is 15.1. The zero-order valence-electron chi connectivity index (χ0n) is 67.2. The first-order valence-electron chi connectivity index (χ1n) is 41.8. The molecule has 7 amide bonds. The molecule has 12 atom stereocenters. The molecule has 612 valence electrons. The molecule has 6 aromatic carbocycles. The highest BCUT2D eigenvalue weighted by Crippen LogP contribution is 2.57. The van der Waals surface area contributed by atoms with Crippen molar-refractivity contribution in [3.8, 4) is 23.0 Å². The molecule has 8 aliphatic heterocycles. The van der Waals surface area contributed by atoms with Gasteiger partial charge < -0.3 is 57.3 Å². The van der Waals surface area contributed by atoms with Crippen LogP contribution in [0, 0.1) is 17.8 Å². The van der Waals surface area contributed by atoms with E-state index in [2.05, 4.69) is 139 Å². The molecule has 25 heteroatoms. The minimum absolute atomic E-state index is 0.0661. The molecule has 0 bridgehead atoms. The Morgan fingerprint density at radius 3 is 1.03 bits per heavy atom. The Hall–Kier alpha value is -9.76. The zero-order valence-corrected chi connectivity index (χ0v) is 67.2. The molecule has 8 heterocycles. The van der Waals surface area contributed by atoms with E-state index in [1.54, 1.807) is 24.3 Å². The van der Waals surface area contributed by atoms with Crippen LogP contribution in [-0.4, -0.2) is 238 Å². The van der Waals surface area contributed by atoms with E-state index in [-0.39, 0.29) is 93.9 Å². The van der Waals surface area contributed by atoms with Gasteiger partial charge in [0.25, 0.3) is 5.91 Å². The van der Waals surface area contributed by atoms with Gasteiger partial charge in [0.05, 0.1) is 41.8 Å². The smallest absolute Gasteiger partial charge is 0.340 e. The first-order chi connectivity index (χ1) is 55.4. The maximum Gasteiger partial charge on any atom is 0.340 e. The van der Waals surface area contributed by atoms with Crippen LogP contribution in [0.15, 0.2) is 146 Å². The summed E-state index contributed by atoms with van der Waals surface area (Å²) in [5.41, 5.74) is 9.67. The Labute approximate surface area is 675 Å². The van der Waals surface area contributed by atoms with E-state index >= 15 is 9.59 Å². The summed E-state index contributed by atoms with van der Waals surface area (Å²) in [6, 6.07) is 39.0. The molecule has 0 radical (unpaired) electrons. The number of benzene rings is 6. The first-order valence-corrected chi connectivity index (χ1v) is 41.8. The molecular weight excluding hydrogens is 1460 g/mol. The van der Waals surface area contributed by atoms with Gasteiger partial charge in [-0.1, -0.05) is 139 Å². The summed E-state index contributed by atoms with van der Waals surface area (Å²) in [5, 5.41) is 41.0. The highest BCUT2D eigenvalue weighted by atomic mass is 16.6. The predicted octanol–water partition coefficient (Wildman–Crippen LogP) is 6.99. The van der Waals surface area contributed by atoms with Crippen LogP contribution in [-0.2, 0) is 58.4 Å². The van der Waals surface area contributed by atoms with Crippen molar-refractivity contribution in [2.75, 3.05) is 78.5 Å². The van der Waals surface area contributed by atoms with Gasteiger partial charge >= 0.3 is 5.97 Å². The van der Waals surface area contributed by atoms with Crippen molar-refractivity contribution >= 4 is 47.3 Å². The number of ether oxygens (including phenoxy) is 2. The van der Waals surface area contributed by atoms with Crippen LogP contribution < -0.4 is 42.4 Å². The lowest BCUT2D eigenvalue weighted by Crippen LogP contribution is -2.48. The van der Waals surface area contributed by atoms with Gasteiger partial charge in [0.2, 0.25) is 35.4 Å². The lowest BCUT2D eigenvalue weighted by Gasteiger charge is -2.36. The average molecular weight is 1570 g/mol. The lowest BCUT2D eigenvalue weighted by atomic mass is 9.77. The third-order valence-corrected chi connectivity index (χ3v) is 24.9. The molecule has 25 nitrogen and oxygen atoms in total. The molecule has 6 fully saturated rings. The third kappa shape index (κ3) is 19.2. The summed E-state index contributed by atoms with van der Waals surface area (Å²) in [4.78, 5) is 129. The number of fused-ring (bicyclic) bond motifs is 6. The fourth-order valence-electron chi connectivity index (χ4n) is 18.8. The lowest BCUT2D eigenvalue weighted by molar-refractivity contribution is -0.127. The van der Waals surface area contributed by atoms with E-state index in [0.717, 1.165) is 42.4 Å². The fraction of sp³-hybridized carbons (Fsp3) is 0.511. The van der Waals surface area contributed by atoms with E-state index < -0.39 is 65.7 Å². The van der Waals surface area contributed by atoms with Crippen molar-refractivity contribution in [1.82, 2.24) is 61.3 Å². The predicted molar refractivity (Wildman–Crippen MR) is 437 cm³/mol. The normalized spacial score (nSPS) is 25.4. The highest BCUT2D eigenvalue weighted by Gasteiger charge is 2.55. The van der Waals surface area contributed by atoms with Crippen molar-refractivity contribution in [2.45, 2.75) is 197 Å². The Morgan fingerprint density at radius 2 is 0.704 bits per heavy atom. The number of amides is 7. The van der Waals surface area contributed by atoms with Gasteiger partial charge in [0, 0.05) is 130 Å². The number of phenolic OH excluding ortho intramolecular Hbond substituents is 2. The summed E-state index contributed by atoms with van der Waals surface area (Å²) < 4.78 is 12.4. The van der Waals surface area contributed by atoms with Gasteiger partial charge in [-0.25, -0.2) is 4.79 Å². The zero-order chi connectivity index (χ0) is 80.8. The van der Waals surface area contributed by atoms with Crippen LogP contribution in [0.5, 0.6) is 23.0 Å². The van der Waals surface area contributed by atoms with Gasteiger partial charge in [0.1, 0.15) is 23.0 Å². The number of nitrogens with zero attached hydrogens (tertiary/aromatic N) is 6. The SMILES string of the molecule is CC(C)CCN1C[C@@H](NC(=O)c2ccc3c(c2)C(=O)OC32c3ccc(O)cc3Oc3cc(O)ccc32)C[C@H]1C(=O)N[C@H]1C[C@@H](C(=O)N[C@H]2C[C@@H](C(=O)N[C@H]3C[C@@H](C(=O)N[C@H]4C[C@@H](C(=O)N[C@H]5C[C@@H](C(N)=O)N(CCc6ccccc6)C5)N(CCC(C)C)C4)N(CCc4ccccc4)C3)N(CCC(C)C)C2)N(CCc2ccccc2)C1. The van der Waals surface area contributed by atoms with E-state index in [1.165, 1.54) is 30.3 Å². The molecule has 115 heavy (non-hydrogen) atoms. The second-order valence-corrected chi connectivity index (χ2v) is 34.6. The van der Waals surface area contributed by atoms with E-state index in [4.69, 9.17) is 15.2 Å². The number of likely N-dealkylation sites (tertiary alicyclic amines) is 6. The summed E-state index contributed by atoms with van der Waals surface area (Å²) in [6.07, 6.45) is 6.95. The molecule has 0 unspecified atom stereocenters. The summed E-state index contributed by atoms with van der Waals surface area (Å²) >= 11 is 0. The van der Waals surface area contributed by atoms with Crippen molar-refractivity contribution in [2.24, 2.45) is 23.5 Å². The monoisotopic (exact) mass is 1570 g/mol. The molecule has 6 aromatic rings. The number of nitrogens with two attached hydrogens (primary N) is 1. The maximum absolute atomic E-state index is 15.1. The number of rotatable bonds is 31. The first kappa shape index (κ1) is 81.8. The van der Waals surface area contributed by atoms with Gasteiger partial charge in [-0.2, -0.15) is 0 Å². The van der Waals surface area contributed by atoms with E-state index in [1.807, 2.05) is 54.6 Å². The molecule has 8 aliphatic rings. The minimum Gasteiger partial charge on any atom is -0.508 e. The van der Waals surface area contributed by atoms with E-state index in [0.29, 0.717) is 164 Å². The number of primary amides is 1. The molecule has 10 N–H and O–H groups in total. The second kappa shape index (κ2) is 36.2. The number of phenols is 2. The Balaban J connectivity index is 0.620. The molecule has 1 spiro atoms. The van der Waals surface area contributed by atoms with Crippen LogP contribution in [0.1, 0.15) is 153 Å². The minimum atomic E-state index is -1.50. The number of hydrogen-bond donors (Lipinski definition) is 9. The van der Waals surface area contributed by atoms with E-state index in [9.17, 15) is 39.0 Å². The second-order valence-electron chi connectivity index (χ2n) is 34.6. The molecular formula is C90H115N13O12. The third-order valence-electron chi connectivity index (χ3n) is 24.9. The van der Waals surface area contributed by atoms with Crippen LogP contribution >= 0.6 is 0 Å². The van der Waals surface area contributed by atoms with Gasteiger partial charge in [-0.05, 0) is 168 Å². The quantitative estimate of drug-likeness (QED) is 0.0198. The van der Waals surface area contributed by atoms with Gasteiger partial charge in [-0.15, -0.1) is 0 Å². The number of carbonyl (C=O) groups excluding carboxylic acids is 8. The molecule has 14 rings (SSSR count). The molecule has 6 saturated heterocycles. The van der Waals surface area contributed by atoms with Gasteiger partial charge in [0.15, 0.2) is 5.60 Å². The van der Waals surface area contributed by atoms with Crippen LogP contribution in [0.25, 0.3) is 0 Å². The summed E-state index contributed by atoms with van der Waals surface area (Å²) in [7, 11) is 0. The van der Waals surface area contributed by atoms with Crippen molar-refractivity contribution in [3.05, 3.63) is 190 Å². The molecule has 0 aromatic heterocycles. The number of nitrogens with one attached hydrogen (secondary N) is 6. The van der Waals surface area contributed by atoms with Crippen molar-refractivity contribution in [3.63, 3.8) is 0 Å². The Kier molecular flexibility index (Phi) is 25.7. The number of carbonyl (C=O) groups is 8. The molecule has 0 aliphatic carbocycles. The number of hydrogen-bond acceptors (Lipinski definition) is 18. The van der Waals surface area contributed by atoms with Crippen LogP contribution in [0.3, 0.4) is 0 Å². The topological polar surface area (TPSA) is 313 Å². The summed E-state index contributed by atoms with van der Waals surface area (Å²) in [5.74, 6) is -0.805. The fourth-order valence-corrected chi connectivity index (χ4v) is 18.8. The largest absolute Gasteiger partial charge is 0.508 e. The summed E-state index contributed by atoms with van der Waals surface area (Å²) in [6.45, 7) is 19.4. The van der Waals surface area contributed by atoms with Crippen molar-refractivity contribution in [1.29, 1.82) is 0 Å². The Bertz CT molecular complexity index is 4420. The standard InChI is InChI=1S/C90H115N13O12/c1-55(2)28-34-99-50-63(92-83(107)61-22-25-71-70(40-61)89(113)115-90(71)72-26-23-68(104)47-80(72)114-81-48-69(105)24-27-73(81)90)42-75(99)85(109)96-66-45-78(102(53-66)38-32-59-18-12-8-13-19-59)88(112)95-65-44-77(101(52-65)36-30-57(5)6)86(110)97-67-46-79(103(54-67)39-33-60-20-14-9-15-21-60)87(111)94-64-43-76(100(51-64)35-29-56(3)4)84(108)93-62-41-74(82(91)106)98(49-62)37-31-58-16-10-7-11-17-58/h7-27,40,47-48,55-57,62-67,74-79,104-105H,28-39,41-46,49-54H2,1-6H3,(H2,91,106)(H,92,107)(H,93,108)(H,94,111)(H,95,112)(H,96,109)(H,97,110)/t62-,63-,64-,65-,66-,67-,74-,75-,76-,77-,78-,79-/m0/s1. The van der Waals surface area contributed by atoms with Gasteiger partial charge in [-0.3, -0.25) is 63.0 Å². The van der Waals surface area contributed by atoms with Crippen LogP contribution in [0.4, 0.5) is 0 Å². The average Bonchev–Trinajstić information content (AvgIpc) is 1.55. The number of esters is 1. The van der Waals surface area contributed by atoms with Crippen LogP contribution in [0.2, 0.25) is 0 Å². The Morgan fingerprint density at radius 1 is 0.400 bits per heavy atom. The molecule has 0 saturated carbocycles.